The first-order valence-electron chi connectivity index (χ1n) is 9.55. The lowest BCUT2D eigenvalue weighted by molar-refractivity contribution is 0.180. The summed E-state index contributed by atoms with van der Waals surface area (Å²) in [4.78, 5) is 0. The summed E-state index contributed by atoms with van der Waals surface area (Å²) in [6, 6.07) is 0. The normalized spacial score (nSPS) is 11.1. The first-order chi connectivity index (χ1) is 10.4. The fourth-order valence-electron chi connectivity index (χ4n) is 2.81. The van der Waals surface area contributed by atoms with Crippen LogP contribution in [0.4, 0.5) is 0 Å². The molecule has 0 aliphatic heterocycles. The third-order valence-corrected chi connectivity index (χ3v) is 4.54. The second kappa shape index (κ2) is 20.4. The molecule has 0 aromatic heterocycles. The van der Waals surface area contributed by atoms with Crippen LogP contribution in [0.5, 0.6) is 0 Å². The Kier molecular flexibility index (Phi) is 20.9. The van der Waals surface area contributed by atoms with Gasteiger partial charge in [0, 0.05) is 6.61 Å². The first kappa shape index (κ1) is 21.4. The number of halogens is 1. The molecule has 0 spiro atoms. The van der Waals surface area contributed by atoms with Crippen LogP contribution in [0.1, 0.15) is 110 Å². The van der Waals surface area contributed by atoms with Crippen LogP contribution in [-0.2, 0) is 4.74 Å². The van der Waals surface area contributed by atoms with E-state index >= 15 is 0 Å². The van der Waals surface area contributed by atoms with E-state index in [-0.39, 0.29) is 0 Å². The van der Waals surface area contributed by atoms with E-state index in [2.05, 4.69) is 22.9 Å². The highest BCUT2D eigenvalue weighted by atomic mass is 79.9. The van der Waals surface area contributed by atoms with Gasteiger partial charge in [-0.05, 0) is 6.42 Å². The van der Waals surface area contributed by atoms with Crippen molar-refractivity contribution in [1.82, 2.24) is 0 Å². The van der Waals surface area contributed by atoms with Gasteiger partial charge in [0.25, 0.3) is 0 Å². The Morgan fingerprint density at radius 1 is 0.524 bits per heavy atom. The minimum Gasteiger partial charge on any atom is -0.370 e. The second-order valence-corrected chi connectivity index (χ2v) is 6.78. The van der Waals surface area contributed by atoms with Gasteiger partial charge in [0.05, 0.1) is 0 Å². The predicted molar refractivity (Wildman–Crippen MR) is 99.3 cm³/mol. The van der Waals surface area contributed by atoms with E-state index in [1.54, 1.807) is 0 Å². The molecule has 0 aromatic carbocycles. The van der Waals surface area contributed by atoms with E-state index in [0.717, 1.165) is 6.61 Å². The zero-order chi connectivity index (χ0) is 15.4. The Morgan fingerprint density at radius 2 is 0.857 bits per heavy atom. The van der Waals surface area contributed by atoms with Gasteiger partial charge in [-0.1, -0.05) is 119 Å². The maximum Gasteiger partial charge on any atom is 0.101 e. The highest BCUT2D eigenvalue weighted by Gasteiger charge is 1.94. The van der Waals surface area contributed by atoms with Crippen molar-refractivity contribution in [2.24, 2.45) is 0 Å². The molecule has 0 saturated carbocycles. The van der Waals surface area contributed by atoms with Gasteiger partial charge in [-0.2, -0.15) is 0 Å². The summed E-state index contributed by atoms with van der Waals surface area (Å²) in [5, 5.41) is 0. The monoisotopic (exact) mass is 362 g/mol. The van der Waals surface area contributed by atoms with Crippen molar-refractivity contribution < 1.29 is 4.74 Å². The number of alkyl halides is 1. The molecule has 2 heteroatoms. The number of ether oxygens (including phenoxy) is 1. The standard InChI is InChI=1S/C19H39BrO/c1-2-3-4-5-6-7-8-9-10-11-12-13-14-15-16-17-18-21-19-20/h2-19H2,1H3. The molecule has 1 nitrogen and oxygen atoms in total. The summed E-state index contributed by atoms with van der Waals surface area (Å²) in [7, 11) is 0. The molecule has 0 heterocycles. The molecule has 0 rings (SSSR count). The quantitative estimate of drug-likeness (QED) is 0.180. The Morgan fingerprint density at radius 3 is 1.19 bits per heavy atom. The van der Waals surface area contributed by atoms with Gasteiger partial charge in [-0.25, -0.2) is 0 Å². The molecule has 0 aliphatic carbocycles. The zero-order valence-electron chi connectivity index (χ0n) is 14.5. The first-order valence-corrected chi connectivity index (χ1v) is 10.7. The predicted octanol–water partition coefficient (Wildman–Crippen LogP) is 7.62. The molecule has 128 valence electrons. The number of hydrogen-bond acceptors (Lipinski definition) is 1. The maximum absolute atomic E-state index is 5.27. The Bertz CT molecular complexity index is 155. The van der Waals surface area contributed by atoms with E-state index in [0.29, 0.717) is 5.52 Å². The van der Waals surface area contributed by atoms with Crippen molar-refractivity contribution in [2.75, 3.05) is 12.1 Å². The van der Waals surface area contributed by atoms with Gasteiger partial charge >= 0.3 is 0 Å². The average molecular weight is 363 g/mol. The summed E-state index contributed by atoms with van der Waals surface area (Å²) in [6.45, 7) is 3.21. The van der Waals surface area contributed by atoms with Gasteiger partial charge in [0.2, 0.25) is 0 Å². The van der Waals surface area contributed by atoms with Crippen LogP contribution in [-0.4, -0.2) is 12.1 Å². The molecule has 0 atom stereocenters. The van der Waals surface area contributed by atoms with Gasteiger partial charge in [0.15, 0.2) is 0 Å². The summed E-state index contributed by atoms with van der Waals surface area (Å²) >= 11 is 3.27. The zero-order valence-corrected chi connectivity index (χ0v) is 16.1. The van der Waals surface area contributed by atoms with Crippen molar-refractivity contribution in [3.05, 3.63) is 0 Å². The van der Waals surface area contributed by atoms with Crippen molar-refractivity contribution in [2.45, 2.75) is 110 Å². The van der Waals surface area contributed by atoms with Crippen molar-refractivity contribution >= 4 is 15.9 Å². The van der Waals surface area contributed by atoms with E-state index in [4.69, 9.17) is 4.74 Å². The Labute approximate surface area is 142 Å². The van der Waals surface area contributed by atoms with Gasteiger partial charge in [-0.3, -0.25) is 0 Å². The molecular weight excluding hydrogens is 324 g/mol. The van der Waals surface area contributed by atoms with E-state index in [1.807, 2.05) is 0 Å². The van der Waals surface area contributed by atoms with Crippen molar-refractivity contribution in [3.8, 4) is 0 Å². The number of rotatable bonds is 18. The molecule has 0 amide bonds. The summed E-state index contributed by atoms with van der Waals surface area (Å²) in [6.07, 6.45) is 22.8. The molecule has 0 fully saturated rings. The molecular formula is C19H39BrO. The van der Waals surface area contributed by atoms with Crippen LogP contribution in [0.3, 0.4) is 0 Å². The molecule has 0 N–H and O–H groups in total. The van der Waals surface area contributed by atoms with Crippen LogP contribution in [0.25, 0.3) is 0 Å². The van der Waals surface area contributed by atoms with Crippen LogP contribution in [0, 0.1) is 0 Å². The molecule has 0 saturated heterocycles. The molecule has 0 unspecified atom stereocenters. The van der Waals surface area contributed by atoms with E-state index in [9.17, 15) is 0 Å². The molecule has 0 bridgehead atoms. The Balaban J connectivity index is 2.90. The van der Waals surface area contributed by atoms with Crippen LogP contribution in [0.15, 0.2) is 0 Å². The van der Waals surface area contributed by atoms with Crippen LogP contribution in [0.2, 0.25) is 0 Å². The maximum atomic E-state index is 5.27. The lowest BCUT2D eigenvalue weighted by Crippen LogP contribution is -1.91. The minimum absolute atomic E-state index is 0.686. The number of unbranched alkanes of at least 4 members (excludes halogenated alkanes) is 15. The van der Waals surface area contributed by atoms with E-state index in [1.165, 1.54) is 103 Å². The van der Waals surface area contributed by atoms with E-state index < -0.39 is 0 Å². The largest absolute Gasteiger partial charge is 0.370 e. The van der Waals surface area contributed by atoms with Gasteiger partial charge in [0.1, 0.15) is 5.52 Å². The van der Waals surface area contributed by atoms with Gasteiger partial charge in [-0.15, -0.1) is 0 Å². The lowest BCUT2D eigenvalue weighted by Gasteiger charge is -2.03. The summed E-state index contributed by atoms with van der Waals surface area (Å²) in [5.74, 6) is 0. The van der Waals surface area contributed by atoms with Crippen molar-refractivity contribution in [3.63, 3.8) is 0 Å². The topological polar surface area (TPSA) is 9.23 Å². The summed E-state index contributed by atoms with van der Waals surface area (Å²) in [5.41, 5.74) is 0.686. The lowest BCUT2D eigenvalue weighted by atomic mass is 10.0. The molecule has 0 aliphatic rings. The fourth-order valence-corrected chi connectivity index (χ4v) is 3.04. The Hall–Kier alpha value is 0.440. The summed E-state index contributed by atoms with van der Waals surface area (Å²) < 4.78 is 5.27. The smallest absolute Gasteiger partial charge is 0.101 e. The minimum atomic E-state index is 0.686. The van der Waals surface area contributed by atoms with Gasteiger partial charge < -0.3 is 4.74 Å². The molecule has 21 heavy (non-hydrogen) atoms. The van der Waals surface area contributed by atoms with Crippen LogP contribution < -0.4 is 0 Å². The molecule has 0 aromatic rings. The van der Waals surface area contributed by atoms with Crippen molar-refractivity contribution in [1.29, 1.82) is 0 Å². The number of hydrogen-bond donors (Lipinski definition) is 0. The second-order valence-electron chi connectivity index (χ2n) is 6.32. The fraction of sp³-hybridized carbons (Fsp3) is 1.00. The average Bonchev–Trinajstić information content (AvgIpc) is 2.50. The third-order valence-electron chi connectivity index (χ3n) is 4.22. The third kappa shape index (κ3) is 20.4. The van der Waals surface area contributed by atoms with Crippen LogP contribution >= 0.6 is 15.9 Å². The SMILES string of the molecule is CCCCCCCCCCCCCCCCCCOCBr. The molecule has 0 radical (unpaired) electrons. The highest BCUT2D eigenvalue weighted by Crippen LogP contribution is 2.13. The highest BCUT2D eigenvalue weighted by molar-refractivity contribution is 9.09.